The van der Waals surface area contributed by atoms with Crippen molar-refractivity contribution in [1.82, 2.24) is 4.90 Å². The maximum atomic E-state index is 13.6. The van der Waals surface area contributed by atoms with Crippen LogP contribution in [0.2, 0.25) is 0 Å². The van der Waals surface area contributed by atoms with E-state index in [9.17, 15) is 31.1 Å². The van der Waals surface area contributed by atoms with Crippen molar-refractivity contribution in [3.63, 3.8) is 0 Å². The second kappa shape index (κ2) is 12.5. The van der Waals surface area contributed by atoms with Gasteiger partial charge in [0.1, 0.15) is 0 Å². The van der Waals surface area contributed by atoms with Gasteiger partial charge in [-0.15, -0.1) is 0 Å². The predicted molar refractivity (Wildman–Crippen MR) is 145 cm³/mol. The van der Waals surface area contributed by atoms with Gasteiger partial charge in [-0.25, -0.2) is 4.79 Å². The molecule has 12 heteroatoms. The number of fused-ring (bicyclic) bond motifs is 1. The van der Waals surface area contributed by atoms with Crippen molar-refractivity contribution < 1.29 is 45.3 Å². The van der Waals surface area contributed by atoms with E-state index in [1.807, 2.05) is 13.0 Å². The fourth-order valence-electron chi connectivity index (χ4n) is 6.16. The third-order valence-electron chi connectivity index (χ3n) is 8.26. The Kier molecular flexibility index (Phi) is 9.42. The highest BCUT2D eigenvalue weighted by atomic mass is 19.4. The Labute approximate surface area is 241 Å². The summed E-state index contributed by atoms with van der Waals surface area (Å²) in [4.78, 5) is 16.6. The minimum Gasteiger partial charge on any atom is -0.493 e. The van der Waals surface area contributed by atoms with Crippen molar-refractivity contribution in [2.75, 3.05) is 32.8 Å². The number of rotatable bonds is 7. The molecule has 1 fully saturated rings. The average molecular weight is 603 g/mol. The molecule has 6 nitrogen and oxygen atoms in total. The van der Waals surface area contributed by atoms with Crippen molar-refractivity contribution in [3.05, 3.63) is 52.6 Å². The minimum absolute atomic E-state index is 0.0737. The molecule has 1 aliphatic heterocycles. The number of carbonyl (C=O) groups is 1. The molecule has 2 atom stereocenters. The van der Waals surface area contributed by atoms with Gasteiger partial charge in [0.25, 0.3) is 0 Å². The molecule has 1 aliphatic carbocycles. The van der Waals surface area contributed by atoms with Crippen LogP contribution in [0.1, 0.15) is 73.7 Å². The Morgan fingerprint density at radius 1 is 0.881 bits per heavy atom. The van der Waals surface area contributed by atoms with Crippen LogP contribution >= 0.6 is 0 Å². The lowest BCUT2D eigenvalue weighted by atomic mass is 9.85. The second-order valence-electron chi connectivity index (χ2n) is 11.0. The molecule has 0 bridgehead atoms. The van der Waals surface area contributed by atoms with Gasteiger partial charge >= 0.3 is 18.4 Å². The fourth-order valence-corrected chi connectivity index (χ4v) is 6.16. The molecule has 232 valence electrons. The molecule has 0 N–H and O–H groups in total. The summed E-state index contributed by atoms with van der Waals surface area (Å²) in [6.45, 7) is 2.24. The SMILES string of the molecule is COC(=O)N(Cc1cc(C(F)(F)F)cc(C(F)(F)F)c1)[C@H]1C[C@@H](C)N(CC2CCCCC2)c2cc(OC)c(OC)cc21. The monoisotopic (exact) mass is 602 g/mol. The normalized spacial score (nSPS) is 19.7. The van der Waals surface area contributed by atoms with E-state index in [0.717, 1.165) is 45.0 Å². The van der Waals surface area contributed by atoms with Gasteiger partial charge in [0.15, 0.2) is 11.5 Å². The molecule has 0 unspecified atom stereocenters. The van der Waals surface area contributed by atoms with Gasteiger partial charge in [0, 0.05) is 36.4 Å². The zero-order valence-electron chi connectivity index (χ0n) is 24.1. The molecular formula is C30H36F6N2O4. The van der Waals surface area contributed by atoms with Gasteiger partial charge < -0.3 is 19.1 Å². The number of halogens is 6. The summed E-state index contributed by atoms with van der Waals surface area (Å²) in [6.07, 6.45) is -4.82. The Bertz CT molecular complexity index is 1230. The zero-order valence-corrected chi connectivity index (χ0v) is 24.1. The number of ether oxygens (including phenoxy) is 3. The lowest BCUT2D eigenvalue weighted by Gasteiger charge is -2.46. The topological polar surface area (TPSA) is 51.2 Å². The van der Waals surface area contributed by atoms with Crippen LogP contribution in [0.4, 0.5) is 36.8 Å². The van der Waals surface area contributed by atoms with Crippen molar-refractivity contribution in [1.29, 1.82) is 0 Å². The molecule has 2 aromatic rings. The second-order valence-corrected chi connectivity index (χ2v) is 11.0. The standard InChI is InChI=1S/C30H36F6N2O4/c1-18-10-24(23-14-26(40-2)27(41-3)15-25(23)37(18)16-19-8-6-5-7-9-19)38(28(39)42-4)17-20-11-21(29(31,32)33)13-22(12-20)30(34,35)36/h11-15,18-19,24H,5-10,16-17H2,1-4H3/t18-,24+/m1/s1. The van der Waals surface area contributed by atoms with Crippen LogP contribution in [-0.4, -0.2) is 44.9 Å². The summed E-state index contributed by atoms with van der Waals surface area (Å²) in [6, 6.07) is 4.06. The summed E-state index contributed by atoms with van der Waals surface area (Å²) in [7, 11) is 4.09. The summed E-state index contributed by atoms with van der Waals surface area (Å²) < 4.78 is 97.6. The van der Waals surface area contributed by atoms with Crippen LogP contribution in [0, 0.1) is 5.92 Å². The van der Waals surface area contributed by atoms with Crippen LogP contribution in [-0.2, 0) is 23.6 Å². The molecule has 4 rings (SSSR count). The zero-order chi connectivity index (χ0) is 30.8. The van der Waals surface area contributed by atoms with Gasteiger partial charge in [0.2, 0.25) is 0 Å². The number of hydrogen-bond donors (Lipinski definition) is 0. The molecule has 0 aromatic heterocycles. The number of anilines is 1. The number of carbonyl (C=O) groups excluding carboxylic acids is 1. The van der Waals surface area contributed by atoms with Gasteiger partial charge in [0.05, 0.1) is 38.5 Å². The molecule has 1 amide bonds. The summed E-state index contributed by atoms with van der Waals surface area (Å²) in [5.74, 6) is 1.33. The van der Waals surface area contributed by atoms with Gasteiger partial charge in [-0.1, -0.05) is 19.3 Å². The van der Waals surface area contributed by atoms with Crippen LogP contribution in [0.5, 0.6) is 11.5 Å². The highest BCUT2D eigenvalue weighted by Gasteiger charge is 2.40. The Morgan fingerprint density at radius 2 is 1.45 bits per heavy atom. The first-order valence-electron chi connectivity index (χ1n) is 13.9. The highest BCUT2D eigenvalue weighted by molar-refractivity contribution is 5.71. The molecule has 42 heavy (non-hydrogen) atoms. The van der Waals surface area contributed by atoms with E-state index in [1.165, 1.54) is 25.5 Å². The lowest BCUT2D eigenvalue weighted by molar-refractivity contribution is -0.143. The predicted octanol–water partition coefficient (Wildman–Crippen LogP) is 8.23. The Hall–Kier alpha value is -3.31. The van der Waals surface area contributed by atoms with E-state index in [2.05, 4.69) is 4.90 Å². The number of methoxy groups -OCH3 is 3. The quantitative estimate of drug-likeness (QED) is 0.299. The largest absolute Gasteiger partial charge is 0.493 e. The maximum absolute atomic E-state index is 13.6. The van der Waals surface area contributed by atoms with Crippen LogP contribution in [0.25, 0.3) is 0 Å². The smallest absolute Gasteiger partial charge is 0.416 e. The van der Waals surface area contributed by atoms with Crippen LogP contribution in [0.3, 0.4) is 0 Å². The third kappa shape index (κ3) is 6.83. The van der Waals surface area contributed by atoms with E-state index in [4.69, 9.17) is 14.2 Å². The van der Waals surface area contributed by atoms with Gasteiger partial charge in [-0.2, -0.15) is 26.3 Å². The summed E-state index contributed by atoms with van der Waals surface area (Å²) >= 11 is 0. The third-order valence-corrected chi connectivity index (χ3v) is 8.26. The van der Waals surface area contributed by atoms with E-state index < -0.39 is 42.2 Å². The Balaban J connectivity index is 1.81. The first kappa shape index (κ1) is 31.6. The number of amides is 1. The molecule has 0 spiro atoms. The maximum Gasteiger partial charge on any atom is 0.416 e. The molecule has 0 radical (unpaired) electrons. The molecule has 2 aliphatic rings. The number of benzene rings is 2. The first-order chi connectivity index (χ1) is 19.8. The van der Waals surface area contributed by atoms with Crippen LogP contribution in [0.15, 0.2) is 30.3 Å². The molecular weight excluding hydrogens is 566 g/mol. The van der Waals surface area contributed by atoms with E-state index in [-0.39, 0.29) is 17.7 Å². The summed E-state index contributed by atoms with van der Waals surface area (Å²) in [5, 5.41) is 0. The van der Waals surface area contributed by atoms with Gasteiger partial charge in [-0.05, 0) is 61.9 Å². The van der Waals surface area contributed by atoms with E-state index >= 15 is 0 Å². The molecule has 2 aromatic carbocycles. The number of nitrogens with zero attached hydrogens (tertiary/aromatic N) is 2. The summed E-state index contributed by atoms with van der Waals surface area (Å²) in [5.41, 5.74) is -1.79. The van der Waals surface area contributed by atoms with Crippen molar-refractivity contribution in [2.45, 2.75) is 76.4 Å². The average Bonchev–Trinajstić information content (AvgIpc) is 2.95. The molecule has 0 saturated heterocycles. The van der Waals surface area contributed by atoms with Crippen molar-refractivity contribution in [2.24, 2.45) is 5.92 Å². The molecule has 1 heterocycles. The highest BCUT2D eigenvalue weighted by Crippen LogP contribution is 2.47. The van der Waals surface area contributed by atoms with Crippen molar-refractivity contribution in [3.8, 4) is 11.5 Å². The Morgan fingerprint density at radius 3 is 1.98 bits per heavy atom. The van der Waals surface area contributed by atoms with E-state index in [1.54, 1.807) is 6.07 Å². The number of hydrogen-bond acceptors (Lipinski definition) is 5. The van der Waals surface area contributed by atoms with Crippen LogP contribution < -0.4 is 14.4 Å². The minimum atomic E-state index is -5.01. The fraction of sp³-hybridized carbons (Fsp3) is 0.567. The van der Waals surface area contributed by atoms with Gasteiger partial charge in [-0.3, -0.25) is 4.90 Å². The first-order valence-corrected chi connectivity index (χ1v) is 13.9. The number of alkyl halides is 6. The van der Waals surface area contributed by atoms with E-state index in [0.29, 0.717) is 41.5 Å². The molecule has 1 saturated carbocycles. The lowest BCUT2D eigenvalue weighted by Crippen LogP contribution is -2.46. The van der Waals surface area contributed by atoms with Crippen molar-refractivity contribution >= 4 is 11.8 Å².